The van der Waals surface area contributed by atoms with Crippen molar-refractivity contribution in [3.05, 3.63) is 24.3 Å². The molecule has 0 nitrogen and oxygen atoms in total. The summed E-state index contributed by atoms with van der Waals surface area (Å²) in [6.07, 6.45) is 2.07. The molecule has 0 saturated carbocycles. The maximum absolute atomic E-state index is 3.85. The van der Waals surface area contributed by atoms with Crippen LogP contribution in [0, 0.1) is 0 Å². The molecule has 0 aromatic heterocycles. The molecule has 0 aromatic rings. The van der Waals surface area contributed by atoms with Crippen LogP contribution in [0.3, 0.4) is 0 Å². The highest BCUT2D eigenvalue weighted by Crippen LogP contribution is 2.08. The first-order valence-corrected chi connectivity index (χ1v) is 2.97. The highest BCUT2D eigenvalue weighted by Gasteiger charge is 1.87. The Morgan fingerprint density at radius 2 is 1.88 bits per heavy atom. The molecule has 0 unspecified atom stereocenters. The number of rotatable bonds is 3. The van der Waals surface area contributed by atoms with Crippen LogP contribution in [0.5, 0.6) is 0 Å². The van der Waals surface area contributed by atoms with Crippen molar-refractivity contribution in [3.63, 3.8) is 0 Å². The van der Waals surface area contributed by atoms with Crippen LogP contribution in [0.25, 0.3) is 0 Å². The highest BCUT2D eigenvalue weighted by molar-refractivity contribution is 5.06. The zero-order valence-electron chi connectivity index (χ0n) is 5.83. The number of hydrogen-bond donors (Lipinski definition) is 0. The lowest BCUT2D eigenvalue weighted by molar-refractivity contribution is 1.00. The lowest BCUT2D eigenvalue weighted by Gasteiger charge is -1.98. The summed E-state index contributed by atoms with van der Waals surface area (Å²) in [5, 5.41) is 0. The molecule has 0 aliphatic heterocycles. The summed E-state index contributed by atoms with van der Waals surface area (Å²) in [6, 6.07) is 0. The first-order chi connectivity index (χ1) is 3.66. The van der Waals surface area contributed by atoms with Gasteiger partial charge in [-0.1, -0.05) is 31.2 Å². The topological polar surface area (TPSA) is 0 Å². The van der Waals surface area contributed by atoms with Crippen LogP contribution in [-0.4, -0.2) is 0 Å². The molecule has 0 spiro atoms. The van der Waals surface area contributed by atoms with Gasteiger partial charge in [-0.2, -0.15) is 0 Å². The Hall–Kier alpha value is -0.520. The molecule has 0 radical (unpaired) electrons. The minimum absolute atomic E-state index is 0.997. The van der Waals surface area contributed by atoms with E-state index in [2.05, 4.69) is 20.1 Å². The van der Waals surface area contributed by atoms with Gasteiger partial charge in [0.15, 0.2) is 0 Å². The number of allylic oxidation sites excluding steroid dienone is 2. The second kappa shape index (κ2) is 3.48. The monoisotopic (exact) mass is 110 g/mol. The lowest BCUT2D eigenvalue weighted by atomic mass is 10.1. The molecule has 8 heavy (non-hydrogen) atoms. The molecule has 0 rings (SSSR count). The maximum atomic E-state index is 3.85. The first kappa shape index (κ1) is 7.48. The van der Waals surface area contributed by atoms with Gasteiger partial charge in [0.1, 0.15) is 0 Å². The van der Waals surface area contributed by atoms with Gasteiger partial charge in [0.2, 0.25) is 0 Å². The average Bonchev–Trinajstić information content (AvgIpc) is 1.65. The van der Waals surface area contributed by atoms with E-state index in [0.29, 0.717) is 0 Å². The molecule has 0 bridgehead atoms. The maximum Gasteiger partial charge on any atom is -0.0117 e. The zero-order chi connectivity index (χ0) is 6.57. The van der Waals surface area contributed by atoms with Gasteiger partial charge in [0.25, 0.3) is 0 Å². The van der Waals surface area contributed by atoms with E-state index < -0.39 is 0 Å². The van der Waals surface area contributed by atoms with Crippen molar-refractivity contribution < 1.29 is 0 Å². The predicted octanol–water partition coefficient (Wildman–Crippen LogP) is 2.92. The average molecular weight is 110 g/mol. The zero-order valence-corrected chi connectivity index (χ0v) is 5.83. The van der Waals surface area contributed by atoms with Crippen LogP contribution < -0.4 is 0 Å². The van der Waals surface area contributed by atoms with Gasteiger partial charge >= 0.3 is 0 Å². The fourth-order valence-electron chi connectivity index (χ4n) is 0.552. The third-order valence-electron chi connectivity index (χ3n) is 1.05. The smallest absolute Gasteiger partial charge is 0.0117 e. The summed E-state index contributed by atoms with van der Waals surface area (Å²) >= 11 is 0. The van der Waals surface area contributed by atoms with E-state index in [1.54, 1.807) is 0 Å². The van der Waals surface area contributed by atoms with E-state index in [-0.39, 0.29) is 0 Å². The Morgan fingerprint density at radius 1 is 1.38 bits per heavy atom. The molecule has 0 N–H and O–H groups in total. The first-order valence-electron chi connectivity index (χ1n) is 2.97. The molecular formula is C8H14. The normalized spacial score (nSPS) is 8.75. The molecular weight excluding hydrogens is 96.1 g/mol. The molecule has 0 aromatic carbocycles. The van der Waals surface area contributed by atoms with E-state index in [9.17, 15) is 0 Å². The van der Waals surface area contributed by atoms with Gasteiger partial charge in [-0.05, 0) is 19.8 Å². The quantitative estimate of drug-likeness (QED) is 0.490. The van der Waals surface area contributed by atoms with Crippen LogP contribution in [0.15, 0.2) is 24.3 Å². The summed E-state index contributed by atoms with van der Waals surface area (Å²) in [6.45, 7) is 11.8. The van der Waals surface area contributed by atoms with E-state index in [1.807, 2.05) is 6.92 Å². The highest BCUT2D eigenvalue weighted by atomic mass is 13.9. The van der Waals surface area contributed by atoms with Gasteiger partial charge in [-0.15, -0.1) is 0 Å². The minimum atomic E-state index is 0.997. The Bertz CT molecular complexity index is 98.6. The summed E-state index contributed by atoms with van der Waals surface area (Å²) in [4.78, 5) is 0. The van der Waals surface area contributed by atoms with E-state index in [0.717, 1.165) is 12.8 Å². The van der Waals surface area contributed by atoms with Crippen molar-refractivity contribution in [2.75, 3.05) is 0 Å². The predicted molar refractivity (Wildman–Crippen MR) is 38.9 cm³/mol. The molecule has 0 aliphatic carbocycles. The summed E-state index contributed by atoms with van der Waals surface area (Å²) < 4.78 is 0. The van der Waals surface area contributed by atoms with Crippen LogP contribution >= 0.6 is 0 Å². The molecule has 0 saturated heterocycles. The van der Waals surface area contributed by atoms with Crippen molar-refractivity contribution in [1.29, 1.82) is 0 Å². The van der Waals surface area contributed by atoms with Crippen molar-refractivity contribution in [3.8, 4) is 0 Å². The summed E-state index contributed by atoms with van der Waals surface area (Å²) in [5.74, 6) is 0. The van der Waals surface area contributed by atoms with Crippen LogP contribution in [0.4, 0.5) is 0 Å². The Balaban J connectivity index is 3.40. The molecule has 0 heterocycles. The largest absolute Gasteiger partial charge is 0.0998 e. The van der Waals surface area contributed by atoms with E-state index in [4.69, 9.17) is 0 Å². The van der Waals surface area contributed by atoms with Crippen molar-refractivity contribution in [1.82, 2.24) is 0 Å². The second-order valence-electron chi connectivity index (χ2n) is 2.24. The molecule has 0 aliphatic rings. The molecule has 0 heteroatoms. The molecule has 46 valence electrons. The van der Waals surface area contributed by atoms with Crippen molar-refractivity contribution >= 4 is 0 Å². The van der Waals surface area contributed by atoms with Crippen molar-refractivity contribution in [2.24, 2.45) is 0 Å². The summed E-state index contributed by atoms with van der Waals surface area (Å²) in [7, 11) is 0. The third-order valence-corrected chi connectivity index (χ3v) is 1.05. The second-order valence-corrected chi connectivity index (χ2v) is 2.24. The molecule has 0 amide bonds. The standard InChI is InChI=1S/C8H14/c1-5-8(4)6-7(2)3/h2,4-6H2,1,3H3. The van der Waals surface area contributed by atoms with Gasteiger partial charge in [0, 0.05) is 0 Å². The van der Waals surface area contributed by atoms with E-state index >= 15 is 0 Å². The van der Waals surface area contributed by atoms with Crippen LogP contribution in [0.1, 0.15) is 26.7 Å². The van der Waals surface area contributed by atoms with Crippen LogP contribution in [-0.2, 0) is 0 Å². The molecule has 0 fully saturated rings. The SMILES string of the molecule is C=C(C)CC(=C)CC. The fourth-order valence-corrected chi connectivity index (χ4v) is 0.552. The van der Waals surface area contributed by atoms with Crippen molar-refractivity contribution in [2.45, 2.75) is 26.7 Å². The third kappa shape index (κ3) is 3.66. The van der Waals surface area contributed by atoms with Gasteiger partial charge in [-0.25, -0.2) is 0 Å². The number of hydrogen-bond acceptors (Lipinski definition) is 0. The summed E-state index contributed by atoms with van der Waals surface area (Å²) in [5.41, 5.74) is 2.48. The lowest BCUT2D eigenvalue weighted by Crippen LogP contribution is -1.77. The molecule has 0 atom stereocenters. The Labute approximate surface area is 51.9 Å². The Kier molecular flexibility index (Phi) is 3.25. The minimum Gasteiger partial charge on any atom is -0.0998 e. The van der Waals surface area contributed by atoms with Gasteiger partial charge in [0.05, 0.1) is 0 Å². The van der Waals surface area contributed by atoms with Gasteiger partial charge < -0.3 is 0 Å². The van der Waals surface area contributed by atoms with E-state index in [1.165, 1.54) is 11.1 Å². The Morgan fingerprint density at radius 3 is 2.00 bits per heavy atom. The van der Waals surface area contributed by atoms with Crippen LogP contribution in [0.2, 0.25) is 0 Å². The van der Waals surface area contributed by atoms with Gasteiger partial charge in [-0.3, -0.25) is 0 Å². The fraction of sp³-hybridized carbons (Fsp3) is 0.500.